The lowest BCUT2D eigenvalue weighted by molar-refractivity contribution is -0.116. The lowest BCUT2D eigenvalue weighted by Gasteiger charge is -2.19. The molecule has 7 heteroatoms. The molecule has 0 bridgehead atoms. The molecular weight excluding hydrogens is 468 g/mol. The minimum atomic E-state index is -0.227. The molecule has 0 fully saturated rings. The van der Waals surface area contributed by atoms with Crippen molar-refractivity contribution in [1.29, 1.82) is 0 Å². The Labute approximate surface area is 187 Å². The molecule has 0 aliphatic carbocycles. The largest absolute Gasteiger partial charge is 0.332 e. The molecule has 29 heavy (non-hydrogen) atoms. The highest BCUT2D eigenvalue weighted by Gasteiger charge is 2.18. The van der Waals surface area contributed by atoms with Crippen molar-refractivity contribution in [3.8, 4) is 0 Å². The Balaban J connectivity index is 1.64. The van der Waals surface area contributed by atoms with Gasteiger partial charge < -0.3 is 10.2 Å². The topological polar surface area (TPSA) is 49.4 Å². The number of aryl methyl sites for hydroxylation is 1. The van der Waals surface area contributed by atoms with Crippen molar-refractivity contribution in [3.05, 3.63) is 80.5 Å². The second-order valence-electron chi connectivity index (χ2n) is 6.53. The van der Waals surface area contributed by atoms with E-state index in [-0.39, 0.29) is 18.4 Å². The highest BCUT2D eigenvalue weighted by Crippen LogP contribution is 2.28. The fourth-order valence-corrected chi connectivity index (χ4v) is 5.06. The van der Waals surface area contributed by atoms with Crippen LogP contribution in [0.4, 0.5) is 5.69 Å². The molecule has 3 rings (SSSR count). The second-order valence-corrected chi connectivity index (χ2v) is 9.50. The Morgan fingerprint density at radius 2 is 1.93 bits per heavy atom. The predicted molar refractivity (Wildman–Crippen MR) is 125 cm³/mol. The third-order valence-electron chi connectivity index (χ3n) is 4.26. The number of likely N-dealkylation sites (N-methyl/N-ethyl adjacent to an activating group) is 1. The summed E-state index contributed by atoms with van der Waals surface area (Å²) in [5.74, 6) is 0.423. The number of halogens is 1. The Morgan fingerprint density at radius 1 is 1.14 bits per heavy atom. The van der Waals surface area contributed by atoms with Crippen LogP contribution in [0.1, 0.15) is 20.8 Å². The molecule has 1 N–H and O–H groups in total. The molecule has 0 aliphatic rings. The van der Waals surface area contributed by atoms with Crippen LogP contribution in [0.5, 0.6) is 0 Å². The van der Waals surface area contributed by atoms with E-state index in [2.05, 4.69) is 27.3 Å². The maximum atomic E-state index is 13.0. The smallest absolute Gasteiger partial charge is 0.255 e. The predicted octanol–water partition coefficient (Wildman–Crippen LogP) is 5.82. The SMILES string of the molecule is Cc1cc(Br)ccc1NC(=O)CN(C)C(=O)c1ccccc1SCc1cccs1. The fraction of sp³-hybridized carbons (Fsp3) is 0.182. The van der Waals surface area contributed by atoms with Crippen LogP contribution in [0.15, 0.2) is 69.3 Å². The van der Waals surface area contributed by atoms with Gasteiger partial charge in [-0.2, -0.15) is 0 Å². The van der Waals surface area contributed by atoms with Gasteiger partial charge in [-0.1, -0.05) is 34.1 Å². The number of nitrogens with zero attached hydrogens (tertiary/aromatic N) is 1. The highest BCUT2D eigenvalue weighted by molar-refractivity contribution is 9.10. The van der Waals surface area contributed by atoms with Crippen LogP contribution in [0.2, 0.25) is 0 Å². The number of benzene rings is 2. The van der Waals surface area contributed by atoms with Gasteiger partial charge in [0.25, 0.3) is 5.91 Å². The Morgan fingerprint density at radius 3 is 2.66 bits per heavy atom. The number of rotatable bonds is 7. The average Bonchev–Trinajstić information content (AvgIpc) is 3.22. The monoisotopic (exact) mass is 488 g/mol. The molecule has 4 nitrogen and oxygen atoms in total. The molecule has 0 atom stereocenters. The highest BCUT2D eigenvalue weighted by atomic mass is 79.9. The molecule has 0 saturated carbocycles. The van der Waals surface area contributed by atoms with Crippen LogP contribution < -0.4 is 5.32 Å². The number of carbonyl (C=O) groups is 2. The van der Waals surface area contributed by atoms with Crippen molar-refractivity contribution in [2.75, 3.05) is 18.9 Å². The summed E-state index contributed by atoms with van der Waals surface area (Å²) < 4.78 is 0.956. The first-order valence-corrected chi connectivity index (χ1v) is 11.7. The zero-order valence-electron chi connectivity index (χ0n) is 16.1. The number of amides is 2. The third-order valence-corrected chi connectivity index (χ3v) is 6.93. The number of hydrogen-bond donors (Lipinski definition) is 1. The zero-order valence-corrected chi connectivity index (χ0v) is 19.4. The van der Waals surface area contributed by atoms with Crippen molar-refractivity contribution < 1.29 is 9.59 Å². The van der Waals surface area contributed by atoms with Crippen molar-refractivity contribution in [1.82, 2.24) is 4.90 Å². The van der Waals surface area contributed by atoms with Crippen molar-refractivity contribution in [3.63, 3.8) is 0 Å². The Kier molecular flexibility index (Phi) is 7.52. The second kappa shape index (κ2) is 10.1. The van der Waals surface area contributed by atoms with E-state index in [1.807, 2.05) is 60.8 Å². The summed E-state index contributed by atoms with van der Waals surface area (Å²) in [6.07, 6.45) is 0. The molecule has 1 aromatic heterocycles. The van der Waals surface area contributed by atoms with Crippen LogP contribution in [-0.4, -0.2) is 30.3 Å². The third kappa shape index (κ3) is 5.95. The van der Waals surface area contributed by atoms with Crippen molar-refractivity contribution >= 4 is 56.5 Å². The van der Waals surface area contributed by atoms with E-state index in [0.717, 1.165) is 26.4 Å². The van der Waals surface area contributed by atoms with Gasteiger partial charge in [-0.3, -0.25) is 9.59 Å². The molecule has 2 amide bonds. The quantitative estimate of drug-likeness (QED) is 0.426. The van der Waals surface area contributed by atoms with Gasteiger partial charge in [-0.25, -0.2) is 0 Å². The fourth-order valence-electron chi connectivity index (χ4n) is 2.76. The summed E-state index contributed by atoms with van der Waals surface area (Å²) in [6, 6.07) is 17.3. The molecule has 0 saturated heterocycles. The Hall–Kier alpha value is -2.09. The van der Waals surface area contributed by atoms with Crippen LogP contribution >= 0.6 is 39.0 Å². The zero-order chi connectivity index (χ0) is 20.8. The minimum Gasteiger partial charge on any atom is -0.332 e. The van der Waals surface area contributed by atoms with Crippen LogP contribution in [-0.2, 0) is 10.5 Å². The van der Waals surface area contributed by atoms with Gasteiger partial charge in [-0.05, 0) is 54.3 Å². The lowest BCUT2D eigenvalue weighted by Crippen LogP contribution is -2.35. The van der Waals surface area contributed by atoms with Gasteiger partial charge in [0.1, 0.15) is 0 Å². The van der Waals surface area contributed by atoms with E-state index in [1.165, 1.54) is 9.78 Å². The number of thiophene rings is 1. The number of nitrogens with one attached hydrogen (secondary N) is 1. The van der Waals surface area contributed by atoms with Crippen molar-refractivity contribution in [2.45, 2.75) is 17.6 Å². The molecule has 3 aromatic rings. The van der Waals surface area contributed by atoms with E-state index in [0.29, 0.717) is 5.56 Å². The van der Waals surface area contributed by atoms with E-state index >= 15 is 0 Å². The number of thioether (sulfide) groups is 1. The Bertz CT molecular complexity index is 1010. The maximum Gasteiger partial charge on any atom is 0.255 e. The molecule has 0 unspecified atom stereocenters. The lowest BCUT2D eigenvalue weighted by atomic mass is 10.2. The first kappa shape index (κ1) is 21.6. The summed E-state index contributed by atoms with van der Waals surface area (Å²) in [5.41, 5.74) is 2.31. The van der Waals surface area contributed by atoms with Gasteiger partial charge in [0, 0.05) is 32.7 Å². The molecule has 2 aromatic carbocycles. The summed E-state index contributed by atoms with van der Waals surface area (Å²) >= 11 is 6.75. The summed E-state index contributed by atoms with van der Waals surface area (Å²) in [4.78, 5) is 29.0. The summed E-state index contributed by atoms with van der Waals surface area (Å²) in [6.45, 7) is 1.91. The first-order chi connectivity index (χ1) is 13.9. The van der Waals surface area contributed by atoms with Gasteiger partial charge in [0.2, 0.25) is 5.91 Å². The number of anilines is 1. The van der Waals surface area contributed by atoms with Crippen LogP contribution in [0.3, 0.4) is 0 Å². The molecular formula is C22H21BrN2O2S2. The van der Waals surface area contributed by atoms with Gasteiger partial charge in [-0.15, -0.1) is 23.1 Å². The van der Waals surface area contributed by atoms with Crippen LogP contribution in [0.25, 0.3) is 0 Å². The van der Waals surface area contributed by atoms with E-state index in [4.69, 9.17) is 0 Å². The average molecular weight is 489 g/mol. The standard InChI is InChI=1S/C22H21BrN2O2S2/c1-15-12-16(23)9-10-19(15)24-21(26)13-25(2)22(27)18-7-3-4-8-20(18)29-14-17-6-5-11-28-17/h3-12H,13-14H2,1-2H3,(H,24,26). The maximum absolute atomic E-state index is 13.0. The summed E-state index contributed by atoms with van der Waals surface area (Å²) in [5, 5.41) is 4.92. The van der Waals surface area contributed by atoms with E-state index < -0.39 is 0 Å². The van der Waals surface area contributed by atoms with E-state index in [1.54, 1.807) is 30.1 Å². The van der Waals surface area contributed by atoms with Gasteiger partial charge >= 0.3 is 0 Å². The molecule has 0 spiro atoms. The minimum absolute atomic E-state index is 0.0156. The molecule has 1 heterocycles. The van der Waals surface area contributed by atoms with Gasteiger partial charge in [0.15, 0.2) is 0 Å². The van der Waals surface area contributed by atoms with E-state index in [9.17, 15) is 9.59 Å². The first-order valence-electron chi connectivity index (χ1n) is 8.99. The molecule has 150 valence electrons. The normalized spacial score (nSPS) is 10.6. The van der Waals surface area contributed by atoms with Crippen molar-refractivity contribution in [2.24, 2.45) is 0 Å². The molecule has 0 aliphatic heterocycles. The number of carbonyl (C=O) groups excluding carboxylic acids is 2. The van der Waals surface area contributed by atoms with Crippen LogP contribution in [0, 0.1) is 6.92 Å². The van der Waals surface area contributed by atoms with Gasteiger partial charge in [0.05, 0.1) is 12.1 Å². The number of hydrogen-bond acceptors (Lipinski definition) is 4. The summed E-state index contributed by atoms with van der Waals surface area (Å²) in [7, 11) is 1.65. The molecule has 0 radical (unpaired) electrons.